The van der Waals surface area contributed by atoms with Gasteiger partial charge in [0, 0.05) is 11.8 Å². The number of nitrogen functional groups attached to an aromatic ring is 1. The lowest BCUT2D eigenvalue weighted by atomic mass is 10.3. The largest absolute Gasteiger partial charge is 0.383 e. The van der Waals surface area contributed by atoms with E-state index in [4.69, 9.17) is 5.73 Å². The molecule has 0 saturated carbocycles. The van der Waals surface area contributed by atoms with E-state index < -0.39 is 0 Å². The van der Waals surface area contributed by atoms with Crippen LogP contribution in [0.1, 0.15) is 17.0 Å². The summed E-state index contributed by atoms with van der Waals surface area (Å²) in [4.78, 5) is 16.4. The van der Waals surface area contributed by atoms with Gasteiger partial charge in [-0.3, -0.25) is 9.97 Å². The third-order valence-corrected chi connectivity index (χ3v) is 2.39. The van der Waals surface area contributed by atoms with Crippen molar-refractivity contribution in [1.82, 2.24) is 19.9 Å². The average molecular weight is 230 g/mol. The van der Waals surface area contributed by atoms with Gasteiger partial charge >= 0.3 is 0 Å². The van der Waals surface area contributed by atoms with Gasteiger partial charge in [0.05, 0.1) is 24.1 Å². The first-order valence-corrected chi connectivity index (χ1v) is 5.25. The van der Waals surface area contributed by atoms with Gasteiger partial charge in [-0.1, -0.05) is 0 Å². The number of aromatic nitrogens is 4. The minimum absolute atomic E-state index is 0.484. The smallest absolute Gasteiger partial charge is 0.134 e. The Hall–Kier alpha value is -2.24. The monoisotopic (exact) mass is 230 g/mol. The fourth-order valence-corrected chi connectivity index (χ4v) is 1.33. The van der Waals surface area contributed by atoms with Gasteiger partial charge in [0.15, 0.2) is 0 Å². The second-order valence-electron chi connectivity index (χ2n) is 3.74. The molecule has 6 heteroatoms. The van der Waals surface area contributed by atoms with E-state index in [0.717, 1.165) is 22.8 Å². The molecule has 17 heavy (non-hydrogen) atoms. The molecule has 2 rings (SSSR count). The van der Waals surface area contributed by atoms with Gasteiger partial charge in [-0.2, -0.15) is 0 Å². The lowest BCUT2D eigenvalue weighted by Crippen LogP contribution is -2.07. The van der Waals surface area contributed by atoms with E-state index in [1.165, 1.54) is 6.33 Å². The molecule has 0 bridgehead atoms. The van der Waals surface area contributed by atoms with Crippen molar-refractivity contribution in [2.75, 3.05) is 11.1 Å². The van der Waals surface area contributed by atoms with Gasteiger partial charge in [-0.25, -0.2) is 9.97 Å². The molecular weight excluding hydrogens is 216 g/mol. The summed E-state index contributed by atoms with van der Waals surface area (Å²) in [7, 11) is 0. The first-order valence-electron chi connectivity index (χ1n) is 5.25. The molecule has 88 valence electrons. The van der Waals surface area contributed by atoms with E-state index in [-0.39, 0.29) is 0 Å². The zero-order chi connectivity index (χ0) is 12.3. The highest BCUT2D eigenvalue weighted by atomic mass is 15.0. The maximum atomic E-state index is 5.69. The van der Waals surface area contributed by atoms with Crippen LogP contribution in [0.2, 0.25) is 0 Å². The lowest BCUT2D eigenvalue weighted by Gasteiger charge is -2.08. The zero-order valence-corrected chi connectivity index (χ0v) is 9.81. The molecule has 0 aliphatic heterocycles. The molecule has 0 saturated heterocycles. The van der Waals surface area contributed by atoms with Crippen molar-refractivity contribution < 1.29 is 0 Å². The summed E-state index contributed by atoms with van der Waals surface area (Å²) in [5.41, 5.74) is 8.28. The number of rotatable bonds is 3. The zero-order valence-electron chi connectivity index (χ0n) is 9.81. The second kappa shape index (κ2) is 4.73. The van der Waals surface area contributed by atoms with Gasteiger partial charge in [-0.05, 0) is 13.8 Å². The first kappa shape index (κ1) is 11.3. The van der Waals surface area contributed by atoms with Crippen molar-refractivity contribution in [2.24, 2.45) is 0 Å². The number of nitrogens with one attached hydrogen (secondary N) is 1. The van der Waals surface area contributed by atoms with Crippen LogP contribution in [-0.2, 0) is 6.54 Å². The summed E-state index contributed by atoms with van der Waals surface area (Å²) in [6.45, 7) is 4.34. The SMILES string of the molecule is Cc1cnc(CNc2ncnc(N)c2C)cn1. The summed E-state index contributed by atoms with van der Waals surface area (Å²) in [6, 6.07) is 0. The molecule has 6 nitrogen and oxygen atoms in total. The number of hydrogen-bond donors (Lipinski definition) is 2. The van der Waals surface area contributed by atoms with Crippen molar-refractivity contribution in [2.45, 2.75) is 20.4 Å². The number of aryl methyl sites for hydroxylation is 1. The number of anilines is 2. The normalized spacial score (nSPS) is 10.2. The van der Waals surface area contributed by atoms with Gasteiger partial charge in [0.1, 0.15) is 18.0 Å². The van der Waals surface area contributed by atoms with Crippen LogP contribution in [0.4, 0.5) is 11.6 Å². The fraction of sp³-hybridized carbons (Fsp3) is 0.273. The van der Waals surface area contributed by atoms with Crippen LogP contribution in [0.25, 0.3) is 0 Å². The Kier molecular flexibility index (Phi) is 3.13. The van der Waals surface area contributed by atoms with Crippen LogP contribution in [-0.4, -0.2) is 19.9 Å². The van der Waals surface area contributed by atoms with E-state index in [1.807, 2.05) is 13.8 Å². The molecule has 0 atom stereocenters. The molecule has 0 aromatic carbocycles. The molecule has 0 aliphatic carbocycles. The van der Waals surface area contributed by atoms with Crippen LogP contribution in [0.3, 0.4) is 0 Å². The summed E-state index contributed by atoms with van der Waals surface area (Å²) >= 11 is 0. The van der Waals surface area contributed by atoms with Gasteiger partial charge in [0.2, 0.25) is 0 Å². The van der Waals surface area contributed by atoms with Crippen LogP contribution in [0.15, 0.2) is 18.7 Å². The minimum Gasteiger partial charge on any atom is -0.383 e. The molecule has 3 N–H and O–H groups in total. The molecule has 2 aromatic rings. The third kappa shape index (κ3) is 2.66. The maximum absolute atomic E-state index is 5.69. The Labute approximate surface area is 99.4 Å². The quantitative estimate of drug-likeness (QED) is 0.820. The van der Waals surface area contributed by atoms with Crippen LogP contribution >= 0.6 is 0 Å². The molecule has 0 aliphatic rings. The highest BCUT2D eigenvalue weighted by Crippen LogP contribution is 2.15. The number of nitrogens with two attached hydrogens (primary N) is 1. The average Bonchev–Trinajstić information content (AvgIpc) is 2.33. The summed E-state index contributed by atoms with van der Waals surface area (Å²) in [5.74, 6) is 1.21. The minimum atomic E-state index is 0.484. The Balaban J connectivity index is 2.07. The van der Waals surface area contributed by atoms with E-state index >= 15 is 0 Å². The molecule has 0 spiro atoms. The van der Waals surface area contributed by atoms with E-state index in [9.17, 15) is 0 Å². The lowest BCUT2D eigenvalue weighted by molar-refractivity contribution is 0.969. The topological polar surface area (TPSA) is 89.6 Å². The summed E-state index contributed by atoms with van der Waals surface area (Å²) in [5, 5.41) is 3.16. The van der Waals surface area contributed by atoms with E-state index in [2.05, 4.69) is 25.3 Å². The summed E-state index contributed by atoms with van der Waals surface area (Å²) < 4.78 is 0. The highest BCUT2D eigenvalue weighted by molar-refractivity contribution is 5.53. The van der Waals surface area contributed by atoms with Crippen molar-refractivity contribution in [1.29, 1.82) is 0 Å². The highest BCUT2D eigenvalue weighted by Gasteiger charge is 2.03. The van der Waals surface area contributed by atoms with Gasteiger partial charge < -0.3 is 11.1 Å². The third-order valence-electron chi connectivity index (χ3n) is 2.39. The van der Waals surface area contributed by atoms with Crippen molar-refractivity contribution in [3.8, 4) is 0 Å². The predicted molar refractivity (Wildman–Crippen MR) is 65.3 cm³/mol. The van der Waals surface area contributed by atoms with Crippen LogP contribution < -0.4 is 11.1 Å². The standard InChI is InChI=1S/C11H14N6/c1-7-3-14-9(4-13-7)5-15-11-8(2)10(12)16-6-17-11/h3-4,6H,5H2,1-2H3,(H3,12,15,16,17). The predicted octanol–water partition coefficient (Wildman–Crippen LogP) is 1.08. The first-order chi connectivity index (χ1) is 8.16. The van der Waals surface area contributed by atoms with Crippen molar-refractivity contribution in [3.63, 3.8) is 0 Å². The molecular formula is C11H14N6. The fourth-order valence-electron chi connectivity index (χ4n) is 1.33. The molecule has 0 amide bonds. The van der Waals surface area contributed by atoms with E-state index in [1.54, 1.807) is 12.4 Å². The Bertz CT molecular complexity index is 508. The molecule has 0 unspecified atom stereocenters. The maximum Gasteiger partial charge on any atom is 0.134 e. The van der Waals surface area contributed by atoms with Gasteiger partial charge in [-0.15, -0.1) is 0 Å². The molecule has 2 heterocycles. The van der Waals surface area contributed by atoms with Gasteiger partial charge in [0.25, 0.3) is 0 Å². The molecule has 0 radical (unpaired) electrons. The molecule has 0 fully saturated rings. The van der Waals surface area contributed by atoms with Crippen LogP contribution in [0, 0.1) is 13.8 Å². The van der Waals surface area contributed by atoms with E-state index in [0.29, 0.717) is 12.4 Å². The van der Waals surface area contributed by atoms with Crippen molar-refractivity contribution in [3.05, 3.63) is 35.7 Å². The van der Waals surface area contributed by atoms with Crippen molar-refractivity contribution >= 4 is 11.6 Å². The number of nitrogens with zero attached hydrogens (tertiary/aromatic N) is 4. The Morgan fingerprint density at radius 2 is 1.94 bits per heavy atom. The summed E-state index contributed by atoms with van der Waals surface area (Å²) in [6.07, 6.45) is 4.91. The van der Waals surface area contributed by atoms with Crippen LogP contribution in [0.5, 0.6) is 0 Å². The Morgan fingerprint density at radius 1 is 1.12 bits per heavy atom. The molecule has 2 aromatic heterocycles. The number of hydrogen-bond acceptors (Lipinski definition) is 6. The second-order valence-corrected chi connectivity index (χ2v) is 3.74. The Morgan fingerprint density at radius 3 is 2.65 bits per heavy atom.